The average molecular weight is 346 g/mol. The summed E-state index contributed by atoms with van der Waals surface area (Å²) in [5.74, 6) is 6.57. The van der Waals surface area contributed by atoms with Crippen LogP contribution in [0.25, 0.3) is 0 Å². The molecule has 0 saturated heterocycles. The highest BCUT2D eigenvalue weighted by Crippen LogP contribution is 2.41. The zero-order valence-electron chi connectivity index (χ0n) is 14.4. The first-order valence-corrected chi connectivity index (χ1v) is 8.29. The number of ether oxygens (including phenoxy) is 1. The van der Waals surface area contributed by atoms with Crippen molar-refractivity contribution in [1.29, 1.82) is 5.26 Å². The maximum atomic E-state index is 11.1. The number of rotatable bonds is 3. The van der Waals surface area contributed by atoms with Crippen LogP contribution in [0.1, 0.15) is 41.5 Å². The van der Waals surface area contributed by atoms with Crippen LogP contribution >= 0.6 is 0 Å². The van der Waals surface area contributed by atoms with Crippen LogP contribution in [0.3, 0.4) is 0 Å². The zero-order chi connectivity index (χ0) is 18.6. The van der Waals surface area contributed by atoms with E-state index in [1.165, 1.54) is 7.11 Å². The third kappa shape index (κ3) is 3.34. The molecule has 0 aromatic heterocycles. The number of nitrogens with zero attached hydrogens (tertiary/aromatic N) is 1. The molecule has 0 atom stereocenters. The first-order valence-electron chi connectivity index (χ1n) is 8.29. The molecule has 1 aliphatic carbocycles. The van der Waals surface area contributed by atoms with E-state index < -0.39 is 11.6 Å². The number of nitrogens with one attached hydrogen (secondary N) is 1. The lowest BCUT2D eigenvalue weighted by molar-refractivity contribution is 0.144. The van der Waals surface area contributed by atoms with Gasteiger partial charge < -0.3 is 15.2 Å². The molecular weight excluding hydrogens is 328 g/mol. The van der Waals surface area contributed by atoms with Gasteiger partial charge in [0.1, 0.15) is 6.07 Å². The second kappa shape index (κ2) is 7.21. The van der Waals surface area contributed by atoms with Gasteiger partial charge in [0.05, 0.1) is 23.8 Å². The Morgan fingerprint density at radius 2 is 1.85 bits per heavy atom. The molecule has 0 aliphatic heterocycles. The second-order valence-electron chi connectivity index (χ2n) is 6.19. The van der Waals surface area contributed by atoms with Crippen molar-refractivity contribution >= 4 is 6.09 Å². The molecular formula is C21H18N2O3. The van der Waals surface area contributed by atoms with E-state index >= 15 is 0 Å². The Morgan fingerprint density at radius 1 is 1.15 bits per heavy atom. The molecule has 1 saturated carbocycles. The van der Waals surface area contributed by atoms with Crippen molar-refractivity contribution < 1.29 is 14.6 Å². The van der Waals surface area contributed by atoms with Gasteiger partial charge in [-0.2, -0.15) is 5.26 Å². The smallest absolute Gasteiger partial charge is 0.405 e. The number of methoxy groups -OCH3 is 1. The molecule has 2 N–H and O–H groups in total. The van der Waals surface area contributed by atoms with Crippen LogP contribution in [0.15, 0.2) is 42.5 Å². The highest BCUT2D eigenvalue weighted by atomic mass is 16.5. The van der Waals surface area contributed by atoms with Crippen LogP contribution in [-0.2, 0) is 5.54 Å². The Labute approximate surface area is 152 Å². The van der Waals surface area contributed by atoms with Gasteiger partial charge in [0.2, 0.25) is 0 Å². The van der Waals surface area contributed by atoms with Crippen molar-refractivity contribution in [2.24, 2.45) is 0 Å². The Hall–Kier alpha value is -3.44. The normalized spacial score (nSPS) is 14.2. The van der Waals surface area contributed by atoms with Crippen LogP contribution in [-0.4, -0.2) is 18.3 Å². The van der Waals surface area contributed by atoms with Gasteiger partial charge in [-0.1, -0.05) is 30.0 Å². The maximum absolute atomic E-state index is 11.1. The Bertz CT molecular complexity index is 926. The molecule has 1 amide bonds. The van der Waals surface area contributed by atoms with E-state index in [2.05, 4.69) is 23.2 Å². The van der Waals surface area contributed by atoms with Crippen LogP contribution in [0.4, 0.5) is 4.79 Å². The summed E-state index contributed by atoms with van der Waals surface area (Å²) in [7, 11) is 1.52. The molecule has 0 bridgehead atoms. The first kappa shape index (κ1) is 17.4. The van der Waals surface area contributed by atoms with Gasteiger partial charge in [0, 0.05) is 5.56 Å². The highest BCUT2D eigenvalue weighted by molar-refractivity contribution is 5.66. The number of hydrogen-bond acceptors (Lipinski definition) is 3. The molecule has 2 aromatic rings. The van der Waals surface area contributed by atoms with Crippen molar-refractivity contribution in [3.8, 4) is 23.7 Å². The monoisotopic (exact) mass is 346 g/mol. The molecule has 1 fully saturated rings. The predicted octanol–water partition coefficient (Wildman–Crippen LogP) is 3.61. The summed E-state index contributed by atoms with van der Waals surface area (Å²) in [4.78, 5) is 11.1. The van der Waals surface area contributed by atoms with Gasteiger partial charge in [-0.25, -0.2) is 4.79 Å². The topological polar surface area (TPSA) is 82.3 Å². The van der Waals surface area contributed by atoms with E-state index in [1.54, 1.807) is 18.2 Å². The molecule has 0 spiro atoms. The van der Waals surface area contributed by atoms with Crippen molar-refractivity contribution in [3.63, 3.8) is 0 Å². The lowest BCUT2D eigenvalue weighted by Crippen LogP contribution is -2.50. The Balaban J connectivity index is 1.85. The lowest BCUT2D eigenvalue weighted by Gasteiger charge is -2.42. The van der Waals surface area contributed by atoms with Crippen molar-refractivity contribution in [2.45, 2.75) is 24.8 Å². The Morgan fingerprint density at radius 3 is 2.38 bits per heavy atom. The predicted molar refractivity (Wildman–Crippen MR) is 96.8 cm³/mol. The molecule has 0 radical (unpaired) electrons. The van der Waals surface area contributed by atoms with E-state index in [0.29, 0.717) is 16.9 Å². The molecule has 5 heteroatoms. The number of carbonyl (C=O) groups is 1. The van der Waals surface area contributed by atoms with Crippen LogP contribution < -0.4 is 10.1 Å². The number of amides is 1. The third-order valence-electron chi connectivity index (χ3n) is 4.67. The fraction of sp³-hybridized carbons (Fsp3) is 0.238. The lowest BCUT2D eigenvalue weighted by atomic mass is 9.72. The molecule has 130 valence electrons. The molecule has 0 unspecified atom stereocenters. The summed E-state index contributed by atoms with van der Waals surface area (Å²) < 4.78 is 5.29. The minimum absolute atomic E-state index is 0.446. The third-order valence-corrected chi connectivity index (χ3v) is 4.67. The minimum atomic E-state index is -1.00. The summed E-state index contributed by atoms with van der Waals surface area (Å²) in [6.45, 7) is 0. The van der Waals surface area contributed by atoms with Crippen LogP contribution in [0, 0.1) is 23.2 Å². The summed E-state index contributed by atoms with van der Waals surface area (Å²) >= 11 is 0. The fourth-order valence-corrected chi connectivity index (χ4v) is 3.18. The van der Waals surface area contributed by atoms with Gasteiger partial charge in [-0.3, -0.25) is 0 Å². The minimum Gasteiger partial charge on any atom is -0.494 e. The molecule has 2 aromatic carbocycles. The first-order chi connectivity index (χ1) is 12.6. The number of carboxylic acid groups (broad SMARTS) is 1. The number of hydrogen-bond donors (Lipinski definition) is 2. The molecule has 5 nitrogen and oxygen atoms in total. The average Bonchev–Trinajstić information content (AvgIpc) is 2.62. The summed E-state index contributed by atoms with van der Waals surface area (Å²) in [5, 5.41) is 20.8. The van der Waals surface area contributed by atoms with Gasteiger partial charge in [0.15, 0.2) is 5.75 Å². The van der Waals surface area contributed by atoms with E-state index in [0.717, 1.165) is 30.4 Å². The van der Waals surface area contributed by atoms with E-state index in [9.17, 15) is 4.79 Å². The fourth-order valence-electron chi connectivity index (χ4n) is 3.18. The molecule has 0 heterocycles. The molecule has 3 rings (SSSR count). The second-order valence-corrected chi connectivity index (χ2v) is 6.19. The van der Waals surface area contributed by atoms with Gasteiger partial charge in [-0.15, -0.1) is 0 Å². The summed E-state index contributed by atoms with van der Waals surface area (Å²) in [5.41, 5.74) is 2.39. The van der Waals surface area contributed by atoms with Crippen LogP contribution in [0.2, 0.25) is 0 Å². The number of benzene rings is 2. The Kier molecular flexibility index (Phi) is 4.82. The van der Waals surface area contributed by atoms with Gasteiger partial charge in [-0.05, 0) is 49.1 Å². The van der Waals surface area contributed by atoms with Crippen molar-refractivity contribution in [3.05, 3.63) is 64.7 Å². The van der Waals surface area contributed by atoms with Gasteiger partial charge >= 0.3 is 6.09 Å². The molecule has 1 aliphatic rings. The van der Waals surface area contributed by atoms with Gasteiger partial charge in [0.25, 0.3) is 0 Å². The largest absolute Gasteiger partial charge is 0.494 e. The van der Waals surface area contributed by atoms with E-state index in [1.807, 2.05) is 24.3 Å². The van der Waals surface area contributed by atoms with E-state index in [4.69, 9.17) is 15.1 Å². The SMILES string of the molecule is COc1c(C#N)cccc1C#Cc1ccc(C2(NC(=O)O)CCC2)cc1. The summed E-state index contributed by atoms with van der Waals surface area (Å²) in [6, 6.07) is 15.0. The highest BCUT2D eigenvalue weighted by Gasteiger charge is 2.40. The van der Waals surface area contributed by atoms with Crippen LogP contribution in [0.5, 0.6) is 5.75 Å². The van der Waals surface area contributed by atoms with E-state index in [-0.39, 0.29) is 0 Å². The quantitative estimate of drug-likeness (QED) is 0.832. The maximum Gasteiger partial charge on any atom is 0.405 e. The number of para-hydroxylation sites is 1. The molecule has 26 heavy (non-hydrogen) atoms. The van der Waals surface area contributed by atoms with Crippen molar-refractivity contribution in [1.82, 2.24) is 5.32 Å². The zero-order valence-corrected chi connectivity index (χ0v) is 14.4. The standard InChI is InChI=1S/C21H18N2O3/c1-26-19-16(4-2-5-17(19)14-22)9-6-15-7-10-18(11-8-15)21(12-3-13-21)23-20(24)25/h2,4-5,7-8,10-11,23H,3,12-13H2,1H3,(H,24,25). The van der Waals surface area contributed by atoms with Crippen molar-refractivity contribution in [2.75, 3.05) is 7.11 Å². The summed E-state index contributed by atoms with van der Waals surface area (Å²) in [6.07, 6.45) is 1.62. The number of nitriles is 1.